The molecule has 0 radical (unpaired) electrons. The van der Waals surface area contributed by atoms with Gasteiger partial charge in [0.2, 0.25) is 0 Å². The monoisotopic (exact) mass is 311 g/mol. The molecule has 0 bridgehead atoms. The van der Waals surface area contributed by atoms with Crippen LogP contribution >= 0.6 is 0 Å². The highest BCUT2D eigenvalue weighted by molar-refractivity contribution is 5.89. The molecular weight excluding hydrogens is 290 g/mol. The van der Waals surface area contributed by atoms with Gasteiger partial charge in [0.25, 0.3) is 0 Å². The molecule has 1 aromatic carbocycles. The van der Waals surface area contributed by atoms with Gasteiger partial charge in [-0.25, -0.2) is 4.79 Å². The van der Waals surface area contributed by atoms with Crippen molar-refractivity contribution in [1.29, 1.82) is 0 Å². The number of ether oxygens (including phenoxy) is 1. The van der Waals surface area contributed by atoms with E-state index < -0.39 is 0 Å². The summed E-state index contributed by atoms with van der Waals surface area (Å²) in [5.74, 6) is 1.27. The summed E-state index contributed by atoms with van der Waals surface area (Å²) in [4.78, 5) is 18.4. The van der Waals surface area contributed by atoms with Crippen molar-refractivity contribution < 1.29 is 9.53 Å². The number of hydrogen-bond donors (Lipinski definition) is 1. The van der Waals surface area contributed by atoms with Gasteiger partial charge in [-0.2, -0.15) is 0 Å². The fraction of sp³-hybridized carbons (Fsp3) is 0.333. The number of likely N-dealkylation sites (tertiary alicyclic amines) is 1. The normalized spacial score (nSPS) is 15.3. The van der Waals surface area contributed by atoms with Gasteiger partial charge in [-0.05, 0) is 54.7 Å². The maximum absolute atomic E-state index is 12.3. The van der Waals surface area contributed by atoms with E-state index in [2.05, 4.69) is 16.4 Å². The molecular formula is C18H21N3O2. The summed E-state index contributed by atoms with van der Waals surface area (Å²) >= 11 is 0. The summed E-state index contributed by atoms with van der Waals surface area (Å²) in [6.07, 6.45) is 5.67. The molecule has 1 fully saturated rings. The van der Waals surface area contributed by atoms with Crippen LogP contribution in [-0.4, -0.2) is 36.1 Å². The zero-order chi connectivity index (χ0) is 16.1. The first kappa shape index (κ1) is 15.3. The fourth-order valence-corrected chi connectivity index (χ4v) is 2.91. The number of nitrogens with one attached hydrogen (secondary N) is 1. The van der Waals surface area contributed by atoms with Crippen LogP contribution in [0.3, 0.4) is 0 Å². The third-order valence-corrected chi connectivity index (χ3v) is 4.28. The standard InChI is InChI=1S/C18H21N3O2/c1-23-17-6-4-16(5-7-17)20-18(22)21-11-8-14(9-12-21)15-3-2-10-19-13-15/h2-7,10,13-14H,8-9,11-12H2,1H3,(H,20,22). The molecule has 2 aromatic rings. The van der Waals surface area contributed by atoms with Gasteiger partial charge in [-0.1, -0.05) is 6.07 Å². The Morgan fingerprint density at radius 1 is 1.22 bits per heavy atom. The number of piperidine rings is 1. The number of anilines is 1. The second-order valence-electron chi connectivity index (χ2n) is 5.71. The number of urea groups is 1. The molecule has 0 unspecified atom stereocenters. The molecule has 23 heavy (non-hydrogen) atoms. The van der Waals surface area contributed by atoms with Crippen LogP contribution in [0, 0.1) is 0 Å². The van der Waals surface area contributed by atoms with Crippen LogP contribution in [0.25, 0.3) is 0 Å². The lowest BCUT2D eigenvalue weighted by atomic mass is 9.91. The van der Waals surface area contributed by atoms with Gasteiger partial charge >= 0.3 is 6.03 Å². The summed E-state index contributed by atoms with van der Waals surface area (Å²) < 4.78 is 5.12. The highest BCUT2D eigenvalue weighted by atomic mass is 16.5. The Kier molecular flexibility index (Phi) is 4.76. The lowest BCUT2D eigenvalue weighted by Gasteiger charge is -2.32. The Hall–Kier alpha value is -2.56. The van der Waals surface area contributed by atoms with Gasteiger partial charge in [0.15, 0.2) is 0 Å². The fourth-order valence-electron chi connectivity index (χ4n) is 2.91. The minimum atomic E-state index is -0.0418. The van der Waals surface area contributed by atoms with Gasteiger partial charge in [-0.3, -0.25) is 4.98 Å². The predicted molar refractivity (Wildman–Crippen MR) is 89.8 cm³/mol. The zero-order valence-corrected chi connectivity index (χ0v) is 13.2. The largest absolute Gasteiger partial charge is 0.497 e. The Labute approximate surface area is 136 Å². The van der Waals surface area contributed by atoms with Crippen molar-refractivity contribution in [2.24, 2.45) is 0 Å². The van der Waals surface area contributed by atoms with Gasteiger partial charge in [0.05, 0.1) is 7.11 Å². The lowest BCUT2D eigenvalue weighted by Crippen LogP contribution is -2.40. The van der Waals surface area contributed by atoms with Crippen LogP contribution in [0.15, 0.2) is 48.8 Å². The number of carbonyl (C=O) groups is 1. The Balaban J connectivity index is 1.53. The number of benzene rings is 1. The smallest absolute Gasteiger partial charge is 0.321 e. The minimum Gasteiger partial charge on any atom is -0.497 e. The maximum Gasteiger partial charge on any atom is 0.321 e. The second-order valence-corrected chi connectivity index (χ2v) is 5.71. The van der Waals surface area contributed by atoms with Crippen molar-refractivity contribution in [3.05, 3.63) is 54.4 Å². The summed E-state index contributed by atoms with van der Waals surface area (Å²) in [6, 6.07) is 11.4. The van der Waals surface area contributed by atoms with Crippen LogP contribution in [0.5, 0.6) is 5.75 Å². The first-order valence-electron chi connectivity index (χ1n) is 7.86. The minimum absolute atomic E-state index is 0.0418. The van der Waals surface area contributed by atoms with E-state index >= 15 is 0 Å². The summed E-state index contributed by atoms with van der Waals surface area (Å²) in [5, 5.41) is 2.94. The van der Waals surface area contributed by atoms with Gasteiger partial charge in [-0.15, -0.1) is 0 Å². The summed E-state index contributed by atoms with van der Waals surface area (Å²) in [7, 11) is 1.62. The van der Waals surface area contributed by atoms with Gasteiger partial charge in [0, 0.05) is 31.2 Å². The average molecular weight is 311 g/mol. The molecule has 0 saturated carbocycles. The quantitative estimate of drug-likeness (QED) is 0.944. The second kappa shape index (κ2) is 7.13. The molecule has 0 aliphatic carbocycles. The van der Waals surface area contributed by atoms with Crippen LogP contribution in [0.1, 0.15) is 24.3 Å². The van der Waals surface area contributed by atoms with Crippen molar-refractivity contribution in [3.8, 4) is 5.75 Å². The van der Waals surface area contributed by atoms with Crippen molar-refractivity contribution in [2.45, 2.75) is 18.8 Å². The van der Waals surface area contributed by atoms with Gasteiger partial charge < -0.3 is 15.0 Å². The number of methoxy groups -OCH3 is 1. The van der Waals surface area contributed by atoms with E-state index in [4.69, 9.17) is 4.74 Å². The van der Waals surface area contributed by atoms with E-state index in [0.717, 1.165) is 37.4 Å². The Bertz CT molecular complexity index is 635. The third-order valence-electron chi connectivity index (χ3n) is 4.28. The van der Waals surface area contributed by atoms with Gasteiger partial charge in [0.1, 0.15) is 5.75 Å². The molecule has 120 valence electrons. The number of hydrogen-bond acceptors (Lipinski definition) is 3. The summed E-state index contributed by atoms with van der Waals surface area (Å²) in [5.41, 5.74) is 2.05. The van der Waals surface area contributed by atoms with E-state index in [0.29, 0.717) is 5.92 Å². The van der Waals surface area contributed by atoms with E-state index in [1.54, 1.807) is 13.3 Å². The number of nitrogens with zero attached hydrogens (tertiary/aromatic N) is 2. The molecule has 1 aromatic heterocycles. The van der Waals surface area contributed by atoms with E-state index in [9.17, 15) is 4.79 Å². The van der Waals surface area contributed by atoms with Crippen LogP contribution < -0.4 is 10.1 Å². The zero-order valence-electron chi connectivity index (χ0n) is 13.2. The topological polar surface area (TPSA) is 54.5 Å². The number of pyridine rings is 1. The number of aromatic nitrogens is 1. The van der Waals surface area contributed by atoms with E-state index in [1.165, 1.54) is 5.56 Å². The molecule has 1 N–H and O–H groups in total. The molecule has 3 rings (SSSR count). The first-order valence-corrected chi connectivity index (χ1v) is 7.86. The van der Waals surface area contributed by atoms with E-state index in [1.807, 2.05) is 41.4 Å². The molecule has 1 aliphatic rings. The van der Waals surface area contributed by atoms with Crippen LogP contribution in [0.2, 0.25) is 0 Å². The molecule has 0 spiro atoms. The van der Waals surface area contributed by atoms with Crippen molar-refractivity contribution in [2.75, 3.05) is 25.5 Å². The molecule has 1 aliphatic heterocycles. The van der Waals surface area contributed by atoms with Crippen LogP contribution in [-0.2, 0) is 0 Å². The van der Waals surface area contributed by atoms with Crippen molar-refractivity contribution in [3.63, 3.8) is 0 Å². The maximum atomic E-state index is 12.3. The summed E-state index contributed by atoms with van der Waals surface area (Å²) in [6.45, 7) is 1.53. The number of amides is 2. The lowest BCUT2D eigenvalue weighted by molar-refractivity contribution is 0.194. The molecule has 2 amide bonds. The molecule has 2 heterocycles. The van der Waals surface area contributed by atoms with Crippen LogP contribution in [0.4, 0.5) is 10.5 Å². The molecule has 1 saturated heterocycles. The first-order chi connectivity index (χ1) is 11.3. The molecule has 5 heteroatoms. The highest BCUT2D eigenvalue weighted by Gasteiger charge is 2.23. The predicted octanol–water partition coefficient (Wildman–Crippen LogP) is 3.50. The molecule has 5 nitrogen and oxygen atoms in total. The Morgan fingerprint density at radius 3 is 2.57 bits per heavy atom. The number of rotatable bonds is 3. The van der Waals surface area contributed by atoms with Crippen molar-refractivity contribution >= 4 is 11.7 Å². The number of carbonyl (C=O) groups excluding carboxylic acids is 1. The SMILES string of the molecule is COc1ccc(NC(=O)N2CCC(c3cccnc3)CC2)cc1. The third kappa shape index (κ3) is 3.80. The average Bonchev–Trinajstić information content (AvgIpc) is 2.63. The molecule has 0 atom stereocenters. The Morgan fingerprint density at radius 2 is 1.96 bits per heavy atom. The highest BCUT2D eigenvalue weighted by Crippen LogP contribution is 2.27. The van der Waals surface area contributed by atoms with Crippen molar-refractivity contribution in [1.82, 2.24) is 9.88 Å². The van der Waals surface area contributed by atoms with E-state index in [-0.39, 0.29) is 6.03 Å².